The van der Waals surface area contributed by atoms with Crippen LogP contribution in [-0.4, -0.2) is 29.6 Å². The summed E-state index contributed by atoms with van der Waals surface area (Å²) in [4.78, 5) is 50.0. The predicted octanol–water partition coefficient (Wildman–Crippen LogP) is 3.19. The van der Waals surface area contributed by atoms with Crippen molar-refractivity contribution in [3.63, 3.8) is 0 Å². The molecule has 3 amide bonds. The molecule has 0 radical (unpaired) electrons. The van der Waals surface area contributed by atoms with Gasteiger partial charge in [-0.3, -0.25) is 14.9 Å². The SMILES string of the molecule is CC(C)(C)OC(=O)N[C@@H](Cc1ccccc1)C(=O)NC(=O)c1cc2ccccc2oc1=O. The van der Waals surface area contributed by atoms with E-state index in [0.717, 1.165) is 5.56 Å². The van der Waals surface area contributed by atoms with Crippen molar-refractivity contribution in [3.8, 4) is 0 Å². The Balaban J connectivity index is 1.80. The maximum Gasteiger partial charge on any atom is 0.408 e. The number of para-hydroxylation sites is 1. The summed E-state index contributed by atoms with van der Waals surface area (Å²) in [5.41, 5.74) is -0.852. The van der Waals surface area contributed by atoms with Gasteiger partial charge in [-0.15, -0.1) is 0 Å². The van der Waals surface area contributed by atoms with Gasteiger partial charge in [0.15, 0.2) is 0 Å². The number of fused-ring (bicyclic) bond motifs is 1. The van der Waals surface area contributed by atoms with E-state index in [1.807, 2.05) is 6.07 Å². The zero-order valence-corrected chi connectivity index (χ0v) is 18.0. The summed E-state index contributed by atoms with van der Waals surface area (Å²) in [6, 6.07) is 16.0. The number of amides is 3. The molecule has 0 bridgehead atoms. The van der Waals surface area contributed by atoms with E-state index in [-0.39, 0.29) is 12.0 Å². The van der Waals surface area contributed by atoms with Crippen LogP contribution in [0.1, 0.15) is 36.7 Å². The molecule has 0 aliphatic rings. The molecule has 0 spiro atoms. The van der Waals surface area contributed by atoms with E-state index in [2.05, 4.69) is 10.6 Å². The van der Waals surface area contributed by atoms with Gasteiger partial charge in [0, 0.05) is 11.8 Å². The van der Waals surface area contributed by atoms with Crippen LogP contribution in [0.4, 0.5) is 4.79 Å². The van der Waals surface area contributed by atoms with Gasteiger partial charge in [-0.2, -0.15) is 0 Å². The first-order valence-electron chi connectivity index (χ1n) is 10.0. The molecule has 0 aliphatic carbocycles. The number of benzene rings is 2. The van der Waals surface area contributed by atoms with Crippen molar-refractivity contribution in [2.24, 2.45) is 0 Å². The average Bonchev–Trinajstić information content (AvgIpc) is 2.72. The number of rotatable bonds is 5. The summed E-state index contributed by atoms with van der Waals surface area (Å²) in [5, 5.41) is 5.22. The van der Waals surface area contributed by atoms with E-state index >= 15 is 0 Å². The maximum absolute atomic E-state index is 12.9. The highest BCUT2D eigenvalue weighted by molar-refractivity contribution is 6.07. The molecule has 1 aromatic heterocycles. The lowest BCUT2D eigenvalue weighted by atomic mass is 10.1. The Morgan fingerprint density at radius 3 is 2.34 bits per heavy atom. The summed E-state index contributed by atoms with van der Waals surface area (Å²) in [7, 11) is 0. The second kappa shape index (κ2) is 9.47. The number of hydrogen-bond donors (Lipinski definition) is 2. The highest BCUT2D eigenvalue weighted by atomic mass is 16.6. The lowest BCUT2D eigenvalue weighted by Crippen LogP contribution is -2.51. The minimum atomic E-state index is -1.11. The van der Waals surface area contributed by atoms with E-state index < -0.39 is 35.2 Å². The van der Waals surface area contributed by atoms with Gasteiger partial charge in [0.2, 0.25) is 5.91 Å². The van der Waals surface area contributed by atoms with E-state index in [9.17, 15) is 19.2 Å². The molecule has 0 fully saturated rings. The van der Waals surface area contributed by atoms with Crippen LogP contribution < -0.4 is 16.3 Å². The third-order valence-corrected chi connectivity index (χ3v) is 4.41. The highest BCUT2D eigenvalue weighted by Gasteiger charge is 2.27. The molecule has 0 unspecified atom stereocenters. The molecular weight excluding hydrogens is 412 g/mol. The van der Waals surface area contributed by atoms with Gasteiger partial charge >= 0.3 is 11.7 Å². The fourth-order valence-electron chi connectivity index (χ4n) is 3.00. The fourth-order valence-corrected chi connectivity index (χ4v) is 3.00. The first-order chi connectivity index (χ1) is 15.1. The van der Waals surface area contributed by atoms with Crippen molar-refractivity contribution in [1.29, 1.82) is 0 Å². The standard InChI is InChI=1S/C24H24N2O6/c1-24(2,3)32-23(30)25-18(13-15-9-5-4-6-10-15)21(28)26-20(27)17-14-16-11-7-8-12-19(16)31-22(17)29/h4-12,14,18H,13H2,1-3H3,(H,25,30)(H,26,27,28)/t18-/m0/s1. The van der Waals surface area contributed by atoms with Gasteiger partial charge in [0.05, 0.1) is 0 Å². The Hall–Kier alpha value is -3.94. The molecule has 3 rings (SSSR count). The van der Waals surface area contributed by atoms with Crippen LogP contribution in [0.5, 0.6) is 0 Å². The normalized spacial score (nSPS) is 12.1. The molecule has 8 nitrogen and oxygen atoms in total. The quantitative estimate of drug-likeness (QED) is 0.594. The van der Waals surface area contributed by atoms with Crippen molar-refractivity contribution in [3.05, 3.63) is 82.2 Å². The lowest BCUT2D eigenvalue weighted by molar-refractivity contribution is -0.122. The van der Waals surface area contributed by atoms with Crippen LogP contribution in [0.15, 0.2) is 69.9 Å². The molecule has 1 heterocycles. The van der Waals surface area contributed by atoms with Crippen LogP contribution >= 0.6 is 0 Å². The van der Waals surface area contributed by atoms with Crippen molar-refractivity contribution < 1.29 is 23.5 Å². The van der Waals surface area contributed by atoms with E-state index in [1.54, 1.807) is 69.3 Å². The first-order valence-corrected chi connectivity index (χ1v) is 10.0. The van der Waals surface area contributed by atoms with Crippen LogP contribution in [0.2, 0.25) is 0 Å². The van der Waals surface area contributed by atoms with Crippen molar-refractivity contribution in [1.82, 2.24) is 10.6 Å². The number of nitrogens with one attached hydrogen (secondary N) is 2. The summed E-state index contributed by atoms with van der Waals surface area (Å²) in [5.74, 6) is -1.70. The molecular formula is C24H24N2O6. The first kappa shape index (κ1) is 22.7. The van der Waals surface area contributed by atoms with Gasteiger partial charge in [-0.25, -0.2) is 9.59 Å². The molecule has 166 valence electrons. The maximum atomic E-state index is 12.9. The number of hydrogen-bond acceptors (Lipinski definition) is 6. The number of alkyl carbamates (subject to hydrolysis) is 1. The molecule has 0 saturated heterocycles. The van der Waals surface area contributed by atoms with Gasteiger partial charge in [-0.05, 0) is 38.5 Å². The number of carbonyl (C=O) groups excluding carboxylic acids is 3. The van der Waals surface area contributed by atoms with Gasteiger partial charge in [-0.1, -0.05) is 48.5 Å². The van der Waals surface area contributed by atoms with Crippen molar-refractivity contribution >= 4 is 28.9 Å². The second-order valence-electron chi connectivity index (χ2n) is 8.19. The van der Waals surface area contributed by atoms with E-state index in [1.165, 1.54) is 6.07 Å². The number of carbonyl (C=O) groups is 3. The van der Waals surface area contributed by atoms with Crippen LogP contribution in [0, 0.1) is 0 Å². The lowest BCUT2D eigenvalue weighted by Gasteiger charge is -2.23. The van der Waals surface area contributed by atoms with Crippen LogP contribution in [0.25, 0.3) is 11.0 Å². The van der Waals surface area contributed by atoms with Gasteiger partial charge in [0.25, 0.3) is 5.91 Å². The molecule has 2 N–H and O–H groups in total. The second-order valence-corrected chi connectivity index (χ2v) is 8.19. The molecule has 8 heteroatoms. The van der Waals surface area contributed by atoms with Crippen molar-refractivity contribution in [2.75, 3.05) is 0 Å². The van der Waals surface area contributed by atoms with E-state index in [0.29, 0.717) is 11.0 Å². The Morgan fingerprint density at radius 1 is 1.00 bits per heavy atom. The smallest absolute Gasteiger partial charge is 0.408 e. The average molecular weight is 436 g/mol. The minimum Gasteiger partial charge on any atom is -0.444 e. The number of imide groups is 1. The Labute approximate surface area is 184 Å². The van der Waals surface area contributed by atoms with E-state index in [4.69, 9.17) is 9.15 Å². The summed E-state index contributed by atoms with van der Waals surface area (Å²) >= 11 is 0. The predicted molar refractivity (Wildman–Crippen MR) is 118 cm³/mol. The van der Waals surface area contributed by atoms with Gasteiger partial charge in [0.1, 0.15) is 22.8 Å². The molecule has 1 atom stereocenters. The zero-order valence-electron chi connectivity index (χ0n) is 18.0. The van der Waals surface area contributed by atoms with Crippen LogP contribution in [-0.2, 0) is 16.0 Å². The van der Waals surface area contributed by atoms with Crippen LogP contribution in [0.3, 0.4) is 0 Å². The van der Waals surface area contributed by atoms with Crippen molar-refractivity contribution in [2.45, 2.75) is 38.8 Å². The molecule has 0 aliphatic heterocycles. The summed E-state index contributed by atoms with van der Waals surface area (Å²) in [6.07, 6.45) is -0.683. The third-order valence-electron chi connectivity index (χ3n) is 4.41. The molecule has 3 aromatic rings. The Morgan fingerprint density at radius 2 is 1.66 bits per heavy atom. The third kappa shape index (κ3) is 6.04. The monoisotopic (exact) mass is 436 g/mol. The largest absolute Gasteiger partial charge is 0.444 e. The zero-order chi connectivity index (χ0) is 23.3. The minimum absolute atomic E-state index is 0.117. The highest BCUT2D eigenvalue weighted by Crippen LogP contribution is 2.13. The summed E-state index contributed by atoms with van der Waals surface area (Å²) in [6.45, 7) is 5.09. The fraction of sp³-hybridized carbons (Fsp3) is 0.250. The molecule has 0 saturated carbocycles. The topological polar surface area (TPSA) is 115 Å². The number of ether oxygens (including phenoxy) is 1. The summed E-state index contributed by atoms with van der Waals surface area (Å²) < 4.78 is 10.4. The van der Waals surface area contributed by atoms with Gasteiger partial charge < -0.3 is 14.5 Å². The molecule has 32 heavy (non-hydrogen) atoms. The molecule has 2 aromatic carbocycles. The Kier molecular flexibility index (Phi) is 6.73. The Bertz CT molecular complexity index is 1190.